The summed E-state index contributed by atoms with van der Waals surface area (Å²) < 4.78 is 7.42. The van der Waals surface area contributed by atoms with Gasteiger partial charge in [-0.3, -0.25) is 0 Å². The molecular weight excluding hydrogens is 356 g/mol. The number of hydrogen-bond acceptors (Lipinski definition) is 7. The fourth-order valence-electron chi connectivity index (χ4n) is 4.49. The Bertz CT molecular complexity index is 963. The number of aryl methyl sites for hydroxylation is 1. The maximum atomic E-state index is 9.10. The first-order chi connectivity index (χ1) is 13.7. The molecule has 0 radical (unpaired) electrons. The van der Waals surface area contributed by atoms with Gasteiger partial charge in [0, 0.05) is 56.8 Å². The molecule has 2 aliphatic heterocycles. The predicted octanol–water partition coefficient (Wildman–Crippen LogP) is 2.84. The average Bonchev–Trinajstić information content (AvgIpc) is 3.32. The number of anilines is 1. The van der Waals surface area contributed by atoms with E-state index in [4.69, 9.17) is 14.8 Å². The molecule has 8 heteroatoms. The highest BCUT2D eigenvalue weighted by Gasteiger charge is 2.51. The SMILES string of the molecule is CCn1ncc2c(NC3CCOCC3)c(C3=NOC4(C3)CC(C#N)C4)cnc21. The van der Waals surface area contributed by atoms with E-state index in [0.717, 1.165) is 79.9 Å². The number of nitrogens with zero attached hydrogens (tertiary/aromatic N) is 5. The number of nitrogens with one attached hydrogen (secondary N) is 1. The lowest BCUT2D eigenvalue weighted by Crippen LogP contribution is -2.43. The topological polar surface area (TPSA) is 97.4 Å². The largest absolute Gasteiger partial charge is 0.388 e. The van der Waals surface area contributed by atoms with Crippen LogP contribution < -0.4 is 5.32 Å². The summed E-state index contributed by atoms with van der Waals surface area (Å²) in [4.78, 5) is 10.5. The summed E-state index contributed by atoms with van der Waals surface area (Å²) in [6.07, 6.45) is 7.95. The fourth-order valence-corrected chi connectivity index (χ4v) is 4.49. The minimum absolute atomic E-state index is 0.0813. The van der Waals surface area contributed by atoms with Crippen LogP contribution in [0.4, 0.5) is 5.69 Å². The van der Waals surface area contributed by atoms with Gasteiger partial charge in [0.1, 0.15) is 5.60 Å². The third-order valence-corrected chi connectivity index (χ3v) is 6.10. The first kappa shape index (κ1) is 17.4. The summed E-state index contributed by atoms with van der Waals surface area (Å²) in [7, 11) is 0. The van der Waals surface area contributed by atoms with E-state index >= 15 is 0 Å². The summed E-state index contributed by atoms with van der Waals surface area (Å²) in [5.74, 6) is 0.0813. The summed E-state index contributed by atoms with van der Waals surface area (Å²) in [5, 5.41) is 22.7. The molecule has 0 aromatic carbocycles. The zero-order chi connectivity index (χ0) is 19.1. The van der Waals surface area contributed by atoms with Crippen molar-refractivity contribution in [2.24, 2.45) is 11.1 Å². The summed E-state index contributed by atoms with van der Waals surface area (Å²) in [6.45, 7) is 4.39. The van der Waals surface area contributed by atoms with Crippen molar-refractivity contribution in [3.8, 4) is 6.07 Å². The maximum absolute atomic E-state index is 9.10. The van der Waals surface area contributed by atoms with Crippen LogP contribution in [0.5, 0.6) is 0 Å². The molecule has 0 unspecified atom stereocenters. The molecule has 1 spiro atoms. The second kappa shape index (κ2) is 6.74. The molecule has 5 rings (SSSR count). The second-order valence-electron chi connectivity index (χ2n) is 8.00. The van der Waals surface area contributed by atoms with Gasteiger partial charge in [-0.15, -0.1) is 0 Å². The van der Waals surface area contributed by atoms with Crippen LogP contribution in [0.2, 0.25) is 0 Å². The van der Waals surface area contributed by atoms with Crippen LogP contribution >= 0.6 is 0 Å². The maximum Gasteiger partial charge on any atom is 0.159 e. The molecule has 1 saturated carbocycles. The highest BCUT2D eigenvalue weighted by molar-refractivity contribution is 6.10. The molecule has 0 bridgehead atoms. The number of rotatable bonds is 4. The number of nitriles is 1. The predicted molar refractivity (Wildman–Crippen MR) is 104 cm³/mol. The molecule has 2 fully saturated rings. The monoisotopic (exact) mass is 380 g/mol. The van der Waals surface area contributed by atoms with E-state index in [9.17, 15) is 0 Å². The summed E-state index contributed by atoms with van der Waals surface area (Å²) in [6, 6.07) is 2.68. The second-order valence-corrected chi connectivity index (χ2v) is 8.00. The lowest BCUT2D eigenvalue weighted by atomic mass is 9.69. The van der Waals surface area contributed by atoms with Gasteiger partial charge < -0.3 is 14.9 Å². The van der Waals surface area contributed by atoms with Crippen LogP contribution in [0.25, 0.3) is 11.0 Å². The number of fused-ring (bicyclic) bond motifs is 1. The third-order valence-electron chi connectivity index (χ3n) is 6.10. The summed E-state index contributed by atoms with van der Waals surface area (Å²) >= 11 is 0. The van der Waals surface area contributed by atoms with Crippen LogP contribution in [0, 0.1) is 17.2 Å². The number of hydrogen-bond donors (Lipinski definition) is 1. The van der Waals surface area contributed by atoms with Gasteiger partial charge in [0.05, 0.1) is 35.0 Å². The van der Waals surface area contributed by atoms with Crippen molar-refractivity contribution in [2.45, 2.75) is 57.2 Å². The van der Waals surface area contributed by atoms with E-state index in [0.29, 0.717) is 6.04 Å². The minimum atomic E-state index is -0.297. The zero-order valence-electron chi connectivity index (χ0n) is 16.0. The highest BCUT2D eigenvalue weighted by atomic mass is 16.7. The fraction of sp³-hybridized carbons (Fsp3) is 0.600. The van der Waals surface area contributed by atoms with Crippen molar-refractivity contribution in [3.63, 3.8) is 0 Å². The Labute approximate surface area is 163 Å². The Morgan fingerprint density at radius 2 is 2.14 bits per heavy atom. The van der Waals surface area contributed by atoms with Gasteiger partial charge in [-0.25, -0.2) is 9.67 Å². The third kappa shape index (κ3) is 2.81. The lowest BCUT2D eigenvalue weighted by molar-refractivity contribution is -0.0941. The van der Waals surface area contributed by atoms with Crippen molar-refractivity contribution in [1.29, 1.82) is 5.26 Å². The number of oxime groups is 1. The van der Waals surface area contributed by atoms with E-state index in [-0.39, 0.29) is 11.5 Å². The Balaban J connectivity index is 1.49. The van der Waals surface area contributed by atoms with Crippen LogP contribution in [0.1, 0.15) is 44.6 Å². The number of aromatic nitrogens is 3. The van der Waals surface area contributed by atoms with Crippen molar-refractivity contribution < 1.29 is 9.57 Å². The normalized spacial score (nSPS) is 27.3. The van der Waals surface area contributed by atoms with Gasteiger partial charge in [0.15, 0.2) is 5.65 Å². The smallest absolute Gasteiger partial charge is 0.159 e. The molecule has 1 aliphatic carbocycles. The minimum Gasteiger partial charge on any atom is -0.388 e. The van der Waals surface area contributed by atoms with E-state index in [1.54, 1.807) is 0 Å². The van der Waals surface area contributed by atoms with Crippen LogP contribution in [0.15, 0.2) is 17.5 Å². The van der Waals surface area contributed by atoms with Gasteiger partial charge in [0.25, 0.3) is 0 Å². The molecule has 0 amide bonds. The Morgan fingerprint density at radius 3 is 2.89 bits per heavy atom. The van der Waals surface area contributed by atoms with Gasteiger partial charge >= 0.3 is 0 Å². The first-order valence-electron chi connectivity index (χ1n) is 10.1. The highest BCUT2D eigenvalue weighted by Crippen LogP contribution is 2.47. The molecule has 146 valence electrons. The number of pyridine rings is 1. The molecule has 2 aromatic heterocycles. The van der Waals surface area contributed by atoms with E-state index in [1.165, 1.54) is 0 Å². The van der Waals surface area contributed by atoms with Gasteiger partial charge in [-0.1, -0.05) is 5.16 Å². The van der Waals surface area contributed by atoms with Crippen molar-refractivity contribution in [2.75, 3.05) is 18.5 Å². The average molecular weight is 380 g/mol. The quantitative estimate of drug-likeness (QED) is 0.876. The van der Waals surface area contributed by atoms with Crippen molar-refractivity contribution in [3.05, 3.63) is 18.0 Å². The Hall–Kier alpha value is -2.66. The van der Waals surface area contributed by atoms with E-state index in [1.807, 2.05) is 17.1 Å². The molecule has 1 saturated heterocycles. The van der Waals surface area contributed by atoms with Crippen LogP contribution in [-0.2, 0) is 16.1 Å². The standard InChI is InChI=1S/C20H24N6O2/c1-2-26-19-16(12-23-26)18(24-14-3-5-27-6-4-14)15(11-22-19)17-9-20(28-25-17)7-13(8-20)10-21/h11-14H,2-9H2,1H3,(H,22,24). The number of ether oxygens (including phenoxy) is 1. The van der Waals surface area contributed by atoms with E-state index < -0.39 is 0 Å². The molecule has 3 aliphatic rings. The van der Waals surface area contributed by atoms with Gasteiger partial charge in [-0.05, 0) is 19.8 Å². The zero-order valence-corrected chi connectivity index (χ0v) is 16.0. The molecule has 0 atom stereocenters. The van der Waals surface area contributed by atoms with Gasteiger partial charge in [0.2, 0.25) is 0 Å². The van der Waals surface area contributed by atoms with Crippen LogP contribution in [-0.4, -0.2) is 45.3 Å². The molecule has 2 aromatic rings. The van der Waals surface area contributed by atoms with Crippen molar-refractivity contribution in [1.82, 2.24) is 14.8 Å². The molecule has 4 heterocycles. The molecule has 1 N–H and O–H groups in total. The van der Waals surface area contributed by atoms with Gasteiger partial charge in [-0.2, -0.15) is 10.4 Å². The summed E-state index contributed by atoms with van der Waals surface area (Å²) in [5.41, 5.74) is 3.50. The van der Waals surface area contributed by atoms with Crippen molar-refractivity contribution >= 4 is 22.4 Å². The van der Waals surface area contributed by atoms with Crippen LogP contribution in [0.3, 0.4) is 0 Å². The molecule has 28 heavy (non-hydrogen) atoms. The molecular formula is C20H24N6O2. The Kier molecular flexibility index (Phi) is 4.20. The molecule has 8 nitrogen and oxygen atoms in total. The first-order valence-corrected chi connectivity index (χ1v) is 10.1. The van der Waals surface area contributed by atoms with E-state index in [2.05, 4.69) is 33.5 Å². The lowest BCUT2D eigenvalue weighted by Gasteiger charge is -2.38. The Morgan fingerprint density at radius 1 is 1.32 bits per heavy atom.